The largest absolute Gasteiger partial charge is 0.379 e. The van der Waals surface area contributed by atoms with Gasteiger partial charge in [-0.25, -0.2) is 0 Å². The van der Waals surface area contributed by atoms with Crippen molar-refractivity contribution in [3.05, 3.63) is 38.4 Å². The summed E-state index contributed by atoms with van der Waals surface area (Å²) in [5.41, 5.74) is -0.499. The Morgan fingerprint density at radius 2 is 0.808 bits per heavy atom. The molecule has 0 bridgehead atoms. The summed E-state index contributed by atoms with van der Waals surface area (Å²) >= 11 is 0. The lowest BCUT2D eigenvalue weighted by Crippen LogP contribution is -2.15. The molecular formula is C38H69N3O11. The third-order valence-corrected chi connectivity index (χ3v) is 8.32. The molecule has 0 unspecified atom stereocenters. The zero-order valence-electron chi connectivity index (χ0n) is 32.0. The first-order valence-corrected chi connectivity index (χ1v) is 19.8. The lowest BCUT2D eigenvalue weighted by molar-refractivity contribution is -0.393. The van der Waals surface area contributed by atoms with Crippen molar-refractivity contribution in [3.63, 3.8) is 0 Å². The highest BCUT2D eigenvalue weighted by Crippen LogP contribution is 2.28. The predicted molar refractivity (Wildman–Crippen MR) is 204 cm³/mol. The number of non-ortho nitro benzene ring substituents is 1. The molecule has 0 saturated heterocycles. The van der Waals surface area contributed by atoms with E-state index < -0.39 is 9.85 Å². The summed E-state index contributed by atoms with van der Waals surface area (Å²) in [4.78, 5) is 20.6. The molecule has 0 saturated carbocycles. The molecule has 0 aliphatic rings. The molecule has 14 heteroatoms. The van der Waals surface area contributed by atoms with E-state index in [1.165, 1.54) is 108 Å². The molecule has 1 N–H and O–H groups in total. The van der Waals surface area contributed by atoms with Crippen LogP contribution in [0.15, 0.2) is 18.2 Å². The van der Waals surface area contributed by atoms with Crippen LogP contribution < -0.4 is 5.32 Å². The Labute approximate surface area is 312 Å². The molecule has 302 valence electrons. The van der Waals surface area contributed by atoms with E-state index in [1.807, 2.05) is 0 Å². The number of nitrogens with zero attached hydrogens (tertiary/aromatic N) is 2. The Kier molecular flexibility index (Phi) is 33.7. The first kappa shape index (κ1) is 47.6. The fourth-order valence-corrected chi connectivity index (χ4v) is 5.37. The van der Waals surface area contributed by atoms with Crippen molar-refractivity contribution in [2.24, 2.45) is 0 Å². The standard InChI is InChI=1S/C38H69N3O11/c1-2-3-4-5-6-7-8-9-10-11-12-13-14-15-16-17-21-46-23-25-48-27-29-50-31-33-52-34-32-51-30-28-49-26-24-47-22-20-39-37-19-18-36(40(42)43)35-38(37)41(44)45/h18-19,35,39H,2-17,20-34H2,1H3. The molecule has 52 heavy (non-hydrogen) atoms. The molecule has 0 atom stereocenters. The maximum atomic E-state index is 11.2. The highest BCUT2D eigenvalue weighted by atomic mass is 16.6. The second kappa shape index (κ2) is 36.9. The topological polar surface area (TPSA) is 163 Å². The molecule has 0 fully saturated rings. The molecule has 0 heterocycles. The van der Waals surface area contributed by atoms with E-state index >= 15 is 0 Å². The number of nitrogens with one attached hydrogen (secondary N) is 1. The number of ether oxygens (including phenoxy) is 7. The molecule has 0 spiro atoms. The number of benzene rings is 1. The Bertz CT molecular complexity index is 974. The quantitative estimate of drug-likeness (QED) is 0.0388. The van der Waals surface area contributed by atoms with Crippen LogP contribution in [0.1, 0.15) is 110 Å². The number of nitro benzene ring substituents is 2. The summed E-state index contributed by atoms with van der Waals surface area (Å²) in [6.45, 7) is 9.48. The van der Waals surface area contributed by atoms with Crippen LogP contribution in [-0.4, -0.2) is 109 Å². The van der Waals surface area contributed by atoms with Gasteiger partial charge in [-0.05, 0) is 12.5 Å². The predicted octanol–water partition coefficient (Wildman–Crippen LogP) is 8.29. The van der Waals surface area contributed by atoms with Gasteiger partial charge in [0.15, 0.2) is 0 Å². The van der Waals surface area contributed by atoms with Crippen LogP contribution in [-0.2, 0) is 33.2 Å². The van der Waals surface area contributed by atoms with E-state index in [4.69, 9.17) is 33.2 Å². The molecule has 1 aromatic rings. The highest BCUT2D eigenvalue weighted by molar-refractivity contribution is 5.65. The maximum absolute atomic E-state index is 11.2. The Balaban J connectivity index is 1.70. The minimum Gasteiger partial charge on any atom is -0.379 e. The fourth-order valence-electron chi connectivity index (χ4n) is 5.37. The summed E-state index contributed by atoms with van der Waals surface area (Å²) in [6.07, 6.45) is 22.0. The zero-order valence-corrected chi connectivity index (χ0v) is 32.0. The Hall–Kier alpha value is -2.46. The molecule has 1 aromatic carbocycles. The normalized spacial score (nSPS) is 11.3. The minimum atomic E-state index is -0.673. The van der Waals surface area contributed by atoms with Crippen LogP contribution in [0.3, 0.4) is 0 Å². The van der Waals surface area contributed by atoms with Crippen LogP contribution >= 0.6 is 0 Å². The van der Waals surface area contributed by atoms with Gasteiger partial charge in [0.25, 0.3) is 11.4 Å². The SMILES string of the molecule is CCCCCCCCCCCCCCCCCCOCCOCCOCCOCCOCCOCCOCCNc1ccc([N+](=O)[O-])cc1[N+](=O)[O-]. The summed E-state index contributed by atoms with van der Waals surface area (Å²) in [5, 5.41) is 24.8. The van der Waals surface area contributed by atoms with Gasteiger partial charge < -0.3 is 38.5 Å². The van der Waals surface area contributed by atoms with Crippen LogP contribution in [0.5, 0.6) is 0 Å². The first-order chi connectivity index (χ1) is 25.6. The average Bonchev–Trinajstić information content (AvgIpc) is 3.14. The molecule has 0 aromatic heterocycles. The molecule has 0 aliphatic heterocycles. The third-order valence-electron chi connectivity index (χ3n) is 8.32. The van der Waals surface area contributed by atoms with E-state index in [-0.39, 0.29) is 23.7 Å². The van der Waals surface area contributed by atoms with Crippen LogP contribution in [0.25, 0.3) is 0 Å². The average molecular weight is 744 g/mol. The summed E-state index contributed by atoms with van der Waals surface area (Å²) in [5.74, 6) is 0. The van der Waals surface area contributed by atoms with Gasteiger partial charge in [-0.15, -0.1) is 0 Å². The Morgan fingerprint density at radius 1 is 0.462 bits per heavy atom. The Morgan fingerprint density at radius 3 is 1.17 bits per heavy atom. The van der Waals surface area contributed by atoms with E-state index in [0.717, 1.165) is 19.1 Å². The van der Waals surface area contributed by atoms with Crippen molar-refractivity contribution >= 4 is 17.1 Å². The minimum absolute atomic E-state index is 0.195. The number of hydrogen-bond acceptors (Lipinski definition) is 12. The summed E-state index contributed by atoms with van der Waals surface area (Å²) in [6, 6.07) is 3.46. The van der Waals surface area contributed by atoms with Gasteiger partial charge in [0, 0.05) is 19.2 Å². The van der Waals surface area contributed by atoms with E-state index in [1.54, 1.807) is 0 Å². The van der Waals surface area contributed by atoms with Gasteiger partial charge in [-0.3, -0.25) is 20.2 Å². The van der Waals surface area contributed by atoms with E-state index in [9.17, 15) is 20.2 Å². The van der Waals surface area contributed by atoms with Crippen molar-refractivity contribution in [1.82, 2.24) is 0 Å². The zero-order chi connectivity index (χ0) is 37.6. The smallest absolute Gasteiger partial charge is 0.299 e. The van der Waals surface area contributed by atoms with Gasteiger partial charge in [-0.1, -0.05) is 103 Å². The molecule has 14 nitrogen and oxygen atoms in total. The molecular weight excluding hydrogens is 674 g/mol. The van der Waals surface area contributed by atoms with E-state index in [2.05, 4.69) is 12.2 Å². The van der Waals surface area contributed by atoms with Crippen molar-refractivity contribution in [2.75, 3.05) is 104 Å². The van der Waals surface area contributed by atoms with Crippen molar-refractivity contribution < 1.29 is 43.0 Å². The van der Waals surface area contributed by atoms with Gasteiger partial charge in [0.2, 0.25) is 0 Å². The molecule has 0 radical (unpaired) electrons. The van der Waals surface area contributed by atoms with Crippen molar-refractivity contribution in [1.29, 1.82) is 0 Å². The number of hydrogen-bond donors (Lipinski definition) is 1. The number of nitro groups is 2. The highest BCUT2D eigenvalue weighted by Gasteiger charge is 2.19. The molecule has 1 rings (SSSR count). The van der Waals surface area contributed by atoms with Crippen LogP contribution in [0.4, 0.5) is 17.1 Å². The number of unbranched alkanes of at least 4 members (excludes halogenated alkanes) is 15. The molecule has 0 amide bonds. The monoisotopic (exact) mass is 743 g/mol. The van der Waals surface area contributed by atoms with Crippen LogP contribution in [0, 0.1) is 20.2 Å². The second-order valence-electron chi connectivity index (χ2n) is 12.7. The number of anilines is 1. The van der Waals surface area contributed by atoms with E-state index in [0.29, 0.717) is 85.8 Å². The van der Waals surface area contributed by atoms with Gasteiger partial charge in [-0.2, -0.15) is 0 Å². The van der Waals surface area contributed by atoms with Gasteiger partial charge in [0.1, 0.15) is 5.69 Å². The lowest BCUT2D eigenvalue weighted by Gasteiger charge is -2.09. The first-order valence-electron chi connectivity index (χ1n) is 19.8. The van der Waals surface area contributed by atoms with Gasteiger partial charge in [0.05, 0.1) is 102 Å². The third kappa shape index (κ3) is 30.0. The lowest BCUT2D eigenvalue weighted by atomic mass is 10.0. The second-order valence-corrected chi connectivity index (χ2v) is 12.7. The number of rotatable bonds is 41. The maximum Gasteiger partial charge on any atom is 0.299 e. The van der Waals surface area contributed by atoms with Crippen molar-refractivity contribution in [3.8, 4) is 0 Å². The fraction of sp³-hybridized carbons (Fsp3) is 0.842. The molecule has 0 aliphatic carbocycles. The van der Waals surface area contributed by atoms with Crippen LogP contribution in [0.2, 0.25) is 0 Å². The summed E-state index contributed by atoms with van der Waals surface area (Å²) < 4.78 is 38.6. The summed E-state index contributed by atoms with van der Waals surface area (Å²) in [7, 11) is 0. The van der Waals surface area contributed by atoms with Crippen molar-refractivity contribution in [2.45, 2.75) is 110 Å². The van der Waals surface area contributed by atoms with Gasteiger partial charge >= 0.3 is 0 Å².